The van der Waals surface area contributed by atoms with E-state index in [-0.39, 0.29) is 0 Å². The van der Waals surface area contributed by atoms with E-state index in [1.54, 1.807) is 0 Å². The molecule has 5 rings (SSSR count). The molecule has 0 aromatic heterocycles. The smallest absolute Gasteiger partial charge is 0.00143 e. The van der Waals surface area contributed by atoms with Crippen LogP contribution in [0, 0.1) is 47.3 Å². The van der Waals surface area contributed by atoms with Crippen LogP contribution >= 0.6 is 0 Å². The predicted molar refractivity (Wildman–Crippen MR) is 134 cm³/mol. The number of allylic oxidation sites excluding steroid dienone is 8. The Bertz CT molecular complexity index is 747. The van der Waals surface area contributed by atoms with Crippen molar-refractivity contribution in [3.8, 4) is 0 Å². The second-order valence-corrected chi connectivity index (χ2v) is 11.4. The fourth-order valence-electron chi connectivity index (χ4n) is 8.90. The van der Waals surface area contributed by atoms with E-state index in [4.69, 9.17) is 0 Å². The topological polar surface area (TPSA) is 0 Å². The Morgan fingerprint density at radius 1 is 0.581 bits per heavy atom. The summed E-state index contributed by atoms with van der Waals surface area (Å²) in [5.74, 6) is 6.77. The highest BCUT2D eigenvalue weighted by molar-refractivity contribution is 5.44. The Morgan fingerprint density at radius 2 is 1.06 bits per heavy atom. The van der Waals surface area contributed by atoms with Crippen molar-refractivity contribution < 1.29 is 0 Å². The van der Waals surface area contributed by atoms with Crippen LogP contribution in [0.15, 0.2) is 46.6 Å². The van der Waals surface area contributed by atoms with Gasteiger partial charge in [-0.2, -0.15) is 0 Å². The summed E-state index contributed by atoms with van der Waals surface area (Å²) in [6.07, 6.45) is 25.5. The molecule has 5 aliphatic carbocycles. The Hall–Kier alpha value is -1.04. The zero-order valence-electron chi connectivity index (χ0n) is 20.7. The molecule has 0 bridgehead atoms. The van der Waals surface area contributed by atoms with Gasteiger partial charge in [-0.1, -0.05) is 74.3 Å². The van der Waals surface area contributed by atoms with Crippen LogP contribution in [-0.4, -0.2) is 0 Å². The van der Waals surface area contributed by atoms with E-state index in [0.29, 0.717) is 0 Å². The molecule has 5 aliphatic rings. The molecule has 0 aliphatic heterocycles. The zero-order valence-corrected chi connectivity index (χ0v) is 20.7. The fourth-order valence-corrected chi connectivity index (χ4v) is 8.90. The highest BCUT2D eigenvalue weighted by Gasteiger charge is 2.53. The van der Waals surface area contributed by atoms with Crippen LogP contribution in [0.5, 0.6) is 0 Å². The quantitative estimate of drug-likeness (QED) is 0.390. The monoisotopic (exact) mass is 418 g/mol. The minimum absolute atomic E-state index is 0.722. The second-order valence-electron chi connectivity index (χ2n) is 11.4. The molecule has 0 nitrogen and oxygen atoms in total. The van der Waals surface area contributed by atoms with E-state index in [1.165, 1.54) is 70.6 Å². The summed E-state index contributed by atoms with van der Waals surface area (Å²) in [4.78, 5) is 0. The standard InChI is InChI=1S/C31H46/c1-5-8-10-22-14-18-26-24-16-12-20(4)28-21(7-3)13-17-25(30(24)28)27-19-15-23(11-9-6-2)29(22)31(26)27/h8-11,20-27H,5-7,12-19H2,1-4H3/b10-8+,11-9+. The SMILES string of the molecule is CC/C=C/C1CCC2C3=C1C(/C=C/CC)CCC3C1CCC(CC)C3=C1C2CCC3C. The molecule has 0 aromatic carbocycles. The van der Waals surface area contributed by atoms with Gasteiger partial charge in [-0.25, -0.2) is 0 Å². The zero-order chi connectivity index (χ0) is 21.5. The highest BCUT2D eigenvalue weighted by atomic mass is 14.6. The lowest BCUT2D eigenvalue weighted by atomic mass is 9.47. The van der Waals surface area contributed by atoms with Gasteiger partial charge in [0.05, 0.1) is 0 Å². The van der Waals surface area contributed by atoms with Crippen molar-refractivity contribution >= 4 is 0 Å². The van der Waals surface area contributed by atoms with Crippen molar-refractivity contribution in [2.75, 3.05) is 0 Å². The number of fused-ring (bicyclic) bond motifs is 2. The first-order chi connectivity index (χ1) is 15.2. The molecule has 0 N–H and O–H groups in total. The summed E-state index contributed by atoms with van der Waals surface area (Å²) in [5.41, 5.74) is 7.95. The van der Waals surface area contributed by atoms with Crippen LogP contribution < -0.4 is 0 Å². The van der Waals surface area contributed by atoms with Crippen LogP contribution in [0.1, 0.15) is 98.3 Å². The molecular formula is C31H46. The maximum atomic E-state index is 2.61. The second kappa shape index (κ2) is 9.07. The Kier molecular flexibility index (Phi) is 6.37. The van der Waals surface area contributed by atoms with Gasteiger partial charge in [0.2, 0.25) is 0 Å². The van der Waals surface area contributed by atoms with E-state index < -0.39 is 0 Å². The van der Waals surface area contributed by atoms with E-state index in [1.807, 2.05) is 22.3 Å². The summed E-state index contributed by atoms with van der Waals surface area (Å²) in [6, 6.07) is 0. The number of hydrogen-bond acceptors (Lipinski definition) is 0. The summed E-state index contributed by atoms with van der Waals surface area (Å²) in [6.45, 7) is 9.62. The summed E-state index contributed by atoms with van der Waals surface area (Å²) in [7, 11) is 0. The van der Waals surface area contributed by atoms with Gasteiger partial charge in [-0.3, -0.25) is 0 Å². The van der Waals surface area contributed by atoms with Gasteiger partial charge in [0.25, 0.3) is 0 Å². The van der Waals surface area contributed by atoms with Crippen molar-refractivity contribution in [1.29, 1.82) is 0 Å². The molecule has 31 heavy (non-hydrogen) atoms. The largest absolute Gasteiger partial charge is 0.0882 e. The average Bonchev–Trinajstić information content (AvgIpc) is 2.80. The van der Waals surface area contributed by atoms with Gasteiger partial charge in [-0.15, -0.1) is 0 Å². The van der Waals surface area contributed by atoms with E-state index in [2.05, 4.69) is 52.0 Å². The van der Waals surface area contributed by atoms with Gasteiger partial charge < -0.3 is 0 Å². The van der Waals surface area contributed by atoms with Crippen molar-refractivity contribution in [2.45, 2.75) is 98.3 Å². The minimum Gasteiger partial charge on any atom is -0.0882 e. The van der Waals surface area contributed by atoms with Gasteiger partial charge in [0, 0.05) is 0 Å². The lowest BCUT2D eigenvalue weighted by molar-refractivity contribution is 0.140. The first-order valence-electron chi connectivity index (χ1n) is 14.0. The molecule has 0 amide bonds. The van der Waals surface area contributed by atoms with Crippen molar-refractivity contribution in [3.05, 3.63) is 46.6 Å². The average molecular weight is 419 g/mol. The molecule has 8 unspecified atom stereocenters. The minimum atomic E-state index is 0.722. The normalized spacial score (nSPS) is 42.3. The third-order valence-corrected chi connectivity index (χ3v) is 10.0. The Morgan fingerprint density at radius 3 is 1.58 bits per heavy atom. The van der Waals surface area contributed by atoms with E-state index in [9.17, 15) is 0 Å². The van der Waals surface area contributed by atoms with E-state index >= 15 is 0 Å². The third-order valence-electron chi connectivity index (χ3n) is 10.0. The van der Waals surface area contributed by atoms with Crippen molar-refractivity contribution in [3.63, 3.8) is 0 Å². The maximum absolute atomic E-state index is 2.61. The molecule has 0 spiro atoms. The molecule has 0 heteroatoms. The summed E-state index contributed by atoms with van der Waals surface area (Å²) >= 11 is 0. The Balaban J connectivity index is 1.64. The van der Waals surface area contributed by atoms with Gasteiger partial charge in [0.15, 0.2) is 0 Å². The Labute approximate surface area is 192 Å². The number of rotatable bonds is 5. The van der Waals surface area contributed by atoms with Crippen molar-refractivity contribution in [2.24, 2.45) is 47.3 Å². The lowest BCUT2D eigenvalue weighted by Crippen LogP contribution is -2.47. The van der Waals surface area contributed by atoms with Crippen LogP contribution in [0.2, 0.25) is 0 Å². The number of hydrogen-bond donors (Lipinski definition) is 0. The molecular weight excluding hydrogens is 372 g/mol. The molecule has 1 saturated carbocycles. The van der Waals surface area contributed by atoms with Crippen molar-refractivity contribution in [1.82, 2.24) is 0 Å². The third kappa shape index (κ3) is 3.55. The molecule has 170 valence electrons. The van der Waals surface area contributed by atoms with Crippen LogP contribution in [0.25, 0.3) is 0 Å². The van der Waals surface area contributed by atoms with Crippen LogP contribution in [0.4, 0.5) is 0 Å². The van der Waals surface area contributed by atoms with Crippen LogP contribution in [-0.2, 0) is 0 Å². The first-order valence-corrected chi connectivity index (χ1v) is 14.0. The van der Waals surface area contributed by atoms with Gasteiger partial charge in [0.1, 0.15) is 0 Å². The molecule has 0 aromatic rings. The van der Waals surface area contributed by atoms with E-state index in [0.717, 1.165) is 47.3 Å². The molecule has 0 heterocycles. The molecule has 0 radical (unpaired) electrons. The fraction of sp³-hybridized carbons (Fsp3) is 0.742. The van der Waals surface area contributed by atoms with Gasteiger partial charge in [-0.05, 0) is 118 Å². The summed E-state index contributed by atoms with van der Waals surface area (Å²) < 4.78 is 0. The lowest BCUT2D eigenvalue weighted by Gasteiger charge is -2.57. The summed E-state index contributed by atoms with van der Waals surface area (Å²) in [5, 5.41) is 0. The molecule has 0 saturated heterocycles. The van der Waals surface area contributed by atoms with Crippen LogP contribution in [0.3, 0.4) is 0 Å². The predicted octanol–water partition coefficient (Wildman–Crippen LogP) is 9.06. The first kappa shape index (κ1) is 21.8. The highest BCUT2D eigenvalue weighted by Crippen LogP contribution is 2.64. The molecule has 8 atom stereocenters. The maximum Gasteiger partial charge on any atom is -0.00143 e. The molecule has 1 fully saturated rings. The van der Waals surface area contributed by atoms with Gasteiger partial charge >= 0.3 is 0 Å².